The van der Waals surface area contributed by atoms with Crippen molar-refractivity contribution in [1.82, 2.24) is 10.6 Å². The zero-order valence-electron chi connectivity index (χ0n) is 17.5. The quantitative estimate of drug-likeness (QED) is 0.196. The van der Waals surface area contributed by atoms with Crippen LogP contribution in [0.4, 0.5) is 0 Å². The number of guanidine groups is 1. The van der Waals surface area contributed by atoms with Crippen LogP contribution in [0.15, 0.2) is 35.3 Å². The molecule has 1 rings (SSSR count). The number of aliphatic hydroxyl groups excluding tert-OH is 1. The third-order valence-corrected chi connectivity index (χ3v) is 4.46. The minimum Gasteiger partial charge on any atom is -0.466 e. The second-order valence-electron chi connectivity index (χ2n) is 6.76. The van der Waals surface area contributed by atoms with Crippen LogP contribution in [0, 0.1) is 0 Å². The molecule has 1 atom stereocenters. The van der Waals surface area contributed by atoms with Gasteiger partial charge in [0.25, 0.3) is 0 Å². The van der Waals surface area contributed by atoms with Gasteiger partial charge in [0.15, 0.2) is 5.96 Å². The lowest BCUT2D eigenvalue weighted by molar-refractivity contribution is -0.143. The zero-order chi connectivity index (χ0) is 20.5. The number of esters is 1. The summed E-state index contributed by atoms with van der Waals surface area (Å²) in [5, 5.41) is 16.3. The molecule has 0 bridgehead atoms. The average Bonchev–Trinajstić information content (AvgIpc) is 2.71. The summed E-state index contributed by atoms with van der Waals surface area (Å²) in [5.74, 6) is 0.711. The van der Waals surface area contributed by atoms with Crippen LogP contribution < -0.4 is 10.6 Å². The van der Waals surface area contributed by atoms with Gasteiger partial charge in [-0.1, -0.05) is 49.6 Å². The number of nitrogens with one attached hydrogen (secondary N) is 2. The van der Waals surface area contributed by atoms with Crippen molar-refractivity contribution in [2.45, 2.75) is 58.3 Å². The molecule has 0 amide bonds. The Hall–Kier alpha value is -2.08. The molecule has 158 valence electrons. The molecule has 3 N–H and O–H groups in total. The molecule has 28 heavy (non-hydrogen) atoms. The van der Waals surface area contributed by atoms with Crippen LogP contribution in [0.1, 0.15) is 63.9 Å². The Labute approximate surface area is 169 Å². The Morgan fingerprint density at radius 1 is 1.07 bits per heavy atom. The average molecular weight is 392 g/mol. The van der Waals surface area contributed by atoms with Crippen molar-refractivity contribution in [3.8, 4) is 0 Å². The number of carbonyl (C=O) groups excluding carboxylic acids is 1. The highest BCUT2D eigenvalue weighted by Gasteiger charge is 2.09. The van der Waals surface area contributed by atoms with Gasteiger partial charge in [0, 0.05) is 25.4 Å². The molecule has 0 saturated carbocycles. The highest BCUT2D eigenvalue weighted by molar-refractivity contribution is 5.79. The van der Waals surface area contributed by atoms with Gasteiger partial charge in [-0.15, -0.1) is 0 Å². The Balaban J connectivity index is 2.25. The highest BCUT2D eigenvalue weighted by atomic mass is 16.5. The zero-order valence-corrected chi connectivity index (χ0v) is 17.5. The first kappa shape index (κ1) is 24.0. The van der Waals surface area contributed by atoms with E-state index in [4.69, 9.17) is 4.74 Å². The van der Waals surface area contributed by atoms with Crippen molar-refractivity contribution in [1.29, 1.82) is 0 Å². The van der Waals surface area contributed by atoms with E-state index in [1.807, 2.05) is 44.2 Å². The van der Waals surface area contributed by atoms with Crippen molar-refractivity contribution in [2.24, 2.45) is 4.99 Å². The molecule has 6 nitrogen and oxygen atoms in total. The van der Waals surface area contributed by atoms with Gasteiger partial charge in [0.2, 0.25) is 0 Å². The summed E-state index contributed by atoms with van der Waals surface area (Å²) in [7, 11) is 0. The monoisotopic (exact) mass is 391 g/mol. The molecule has 1 unspecified atom stereocenters. The van der Waals surface area contributed by atoms with Crippen molar-refractivity contribution < 1.29 is 14.6 Å². The molecule has 1 aromatic rings. The van der Waals surface area contributed by atoms with Gasteiger partial charge in [-0.3, -0.25) is 9.79 Å². The van der Waals surface area contributed by atoms with E-state index >= 15 is 0 Å². The fraction of sp³-hybridized carbons (Fsp3) is 0.636. The molecule has 0 heterocycles. The molecule has 0 fully saturated rings. The largest absolute Gasteiger partial charge is 0.466 e. The summed E-state index contributed by atoms with van der Waals surface area (Å²) in [6.07, 6.45) is 5.79. The molecule has 0 aromatic heterocycles. The van der Waals surface area contributed by atoms with E-state index in [0.717, 1.165) is 56.7 Å². The number of rotatable bonds is 14. The van der Waals surface area contributed by atoms with Crippen LogP contribution in [0.25, 0.3) is 0 Å². The lowest BCUT2D eigenvalue weighted by Gasteiger charge is -2.15. The van der Waals surface area contributed by atoms with Crippen molar-refractivity contribution in [3.05, 3.63) is 35.9 Å². The molecule has 0 aliphatic heterocycles. The Bertz CT molecular complexity index is 549. The van der Waals surface area contributed by atoms with E-state index in [9.17, 15) is 9.90 Å². The summed E-state index contributed by atoms with van der Waals surface area (Å²) in [5.41, 5.74) is 1.10. The Morgan fingerprint density at radius 2 is 1.79 bits per heavy atom. The molecule has 0 saturated heterocycles. The van der Waals surface area contributed by atoms with E-state index in [2.05, 4.69) is 15.6 Å². The first-order valence-corrected chi connectivity index (χ1v) is 10.5. The summed E-state index contributed by atoms with van der Waals surface area (Å²) >= 11 is 0. The summed E-state index contributed by atoms with van der Waals surface area (Å²) < 4.78 is 4.93. The number of aliphatic hydroxyl groups is 1. The SMILES string of the molecule is CCNC(=NCC(CO)c1ccccc1)NCCCCCCCC(=O)OCC. The van der Waals surface area contributed by atoms with E-state index in [0.29, 0.717) is 19.6 Å². The second-order valence-corrected chi connectivity index (χ2v) is 6.76. The second kappa shape index (κ2) is 15.9. The van der Waals surface area contributed by atoms with Crippen LogP contribution in [0.5, 0.6) is 0 Å². The number of hydrogen-bond donors (Lipinski definition) is 3. The van der Waals surface area contributed by atoms with Gasteiger partial charge in [-0.05, 0) is 32.3 Å². The molecule has 0 radical (unpaired) electrons. The smallest absolute Gasteiger partial charge is 0.305 e. The molecule has 0 aliphatic carbocycles. The Kier molecular flexibility index (Phi) is 13.6. The van der Waals surface area contributed by atoms with Crippen LogP contribution in [0.3, 0.4) is 0 Å². The Morgan fingerprint density at radius 3 is 2.46 bits per heavy atom. The molecule has 0 spiro atoms. The van der Waals surface area contributed by atoms with E-state index in [1.54, 1.807) is 0 Å². The number of hydrogen-bond acceptors (Lipinski definition) is 4. The topological polar surface area (TPSA) is 83.0 Å². The van der Waals surface area contributed by atoms with Crippen LogP contribution in [-0.2, 0) is 9.53 Å². The van der Waals surface area contributed by atoms with Gasteiger partial charge in [-0.2, -0.15) is 0 Å². The van der Waals surface area contributed by atoms with Gasteiger partial charge in [0.05, 0.1) is 19.8 Å². The summed E-state index contributed by atoms with van der Waals surface area (Å²) in [4.78, 5) is 15.9. The third-order valence-electron chi connectivity index (χ3n) is 4.46. The third kappa shape index (κ3) is 10.9. The first-order valence-electron chi connectivity index (χ1n) is 10.5. The predicted octanol–water partition coefficient (Wildman–Crippen LogP) is 3.22. The molecular formula is C22H37N3O3. The van der Waals surface area contributed by atoms with Gasteiger partial charge in [0.1, 0.15) is 0 Å². The molecule has 1 aromatic carbocycles. The lowest BCUT2D eigenvalue weighted by atomic mass is 10.0. The minimum absolute atomic E-state index is 0.0102. The number of benzene rings is 1. The summed E-state index contributed by atoms with van der Waals surface area (Å²) in [6, 6.07) is 10.00. The standard InChI is InChI=1S/C22H37N3O3/c1-3-23-22(25-17-20(18-26)19-13-9-8-10-14-19)24-16-12-7-5-6-11-15-21(27)28-4-2/h8-10,13-14,20,26H,3-7,11-12,15-18H2,1-2H3,(H2,23,24,25). The van der Waals surface area contributed by atoms with Crippen LogP contribution >= 0.6 is 0 Å². The predicted molar refractivity (Wildman–Crippen MR) is 115 cm³/mol. The highest BCUT2D eigenvalue weighted by Crippen LogP contribution is 2.14. The molecule has 6 heteroatoms. The fourth-order valence-electron chi connectivity index (χ4n) is 2.90. The number of unbranched alkanes of at least 4 members (excludes halogenated alkanes) is 4. The fourth-order valence-corrected chi connectivity index (χ4v) is 2.90. The van der Waals surface area contributed by atoms with Gasteiger partial charge < -0.3 is 20.5 Å². The maximum absolute atomic E-state index is 11.3. The first-order chi connectivity index (χ1) is 13.7. The molecular weight excluding hydrogens is 354 g/mol. The molecule has 0 aliphatic rings. The maximum Gasteiger partial charge on any atom is 0.305 e. The van der Waals surface area contributed by atoms with E-state index < -0.39 is 0 Å². The van der Waals surface area contributed by atoms with Gasteiger partial charge >= 0.3 is 5.97 Å². The van der Waals surface area contributed by atoms with Gasteiger partial charge in [-0.25, -0.2) is 0 Å². The maximum atomic E-state index is 11.3. The van der Waals surface area contributed by atoms with Crippen LogP contribution in [-0.4, -0.2) is 49.9 Å². The normalized spacial score (nSPS) is 12.5. The number of nitrogens with zero attached hydrogens (tertiary/aromatic N) is 1. The van der Waals surface area contributed by atoms with Crippen molar-refractivity contribution in [3.63, 3.8) is 0 Å². The van der Waals surface area contributed by atoms with Crippen molar-refractivity contribution >= 4 is 11.9 Å². The lowest BCUT2D eigenvalue weighted by Crippen LogP contribution is -2.38. The number of aliphatic imine (C=N–C) groups is 1. The number of ether oxygens (including phenoxy) is 1. The minimum atomic E-state index is -0.0904. The van der Waals surface area contributed by atoms with Crippen molar-refractivity contribution in [2.75, 3.05) is 32.8 Å². The van der Waals surface area contributed by atoms with Crippen LogP contribution in [0.2, 0.25) is 0 Å². The number of carbonyl (C=O) groups is 1. The van der Waals surface area contributed by atoms with E-state index in [1.165, 1.54) is 0 Å². The summed E-state index contributed by atoms with van der Waals surface area (Å²) in [6.45, 7) is 6.63. The van der Waals surface area contributed by atoms with E-state index in [-0.39, 0.29) is 18.5 Å².